The standard InChI is InChI=1S/C20H31N5O5/c1-4-30-18(26)14-22-20(28)23-15-5-6-17(24(2)3)16(13-15)19(27)21-7-8-25-9-11-29-12-10-25/h5-6,13H,4,7-12,14H2,1-3H3,(H,21,27)(H2,22,23,28)/p+1. The van der Waals surface area contributed by atoms with Crippen LogP contribution in [0.1, 0.15) is 17.3 Å². The molecule has 1 aromatic carbocycles. The first-order valence-corrected chi connectivity index (χ1v) is 10.1. The quantitative estimate of drug-likeness (QED) is 0.383. The van der Waals surface area contributed by atoms with Crippen molar-refractivity contribution in [3.8, 4) is 0 Å². The monoisotopic (exact) mass is 422 g/mol. The minimum Gasteiger partial charge on any atom is -0.465 e. The molecule has 0 aromatic heterocycles. The number of esters is 1. The van der Waals surface area contributed by atoms with E-state index in [-0.39, 0.29) is 19.1 Å². The van der Waals surface area contributed by atoms with Crippen LogP contribution in [0.15, 0.2) is 18.2 Å². The Balaban J connectivity index is 1.96. The van der Waals surface area contributed by atoms with E-state index in [2.05, 4.69) is 16.0 Å². The van der Waals surface area contributed by atoms with Crippen LogP contribution in [-0.2, 0) is 14.3 Å². The van der Waals surface area contributed by atoms with Crippen LogP contribution in [0.5, 0.6) is 0 Å². The van der Waals surface area contributed by atoms with Crippen molar-refractivity contribution < 1.29 is 28.8 Å². The number of quaternary nitrogens is 1. The molecule has 0 atom stereocenters. The first kappa shape index (κ1) is 23.4. The molecule has 30 heavy (non-hydrogen) atoms. The van der Waals surface area contributed by atoms with Crippen molar-refractivity contribution in [1.29, 1.82) is 0 Å². The number of amides is 3. The maximum absolute atomic E-state index is 12.8. The molecular formula is C20H32N5O5+. The van der Waals surface area contributed by atoms with E-state index in [1.807, 2.05) is 19.0 Å². The van der Waals surface area contributed by atoms with E-state index in [1.54, 1.807) is 25.1 Å². The van der Waals surface area contributed by atoms with Crippen LogP contribution in [0.25, 0.3) is 0 Å². The van der Waals surface area contributed by atoms with Gasteiger partial charge in [0.2, 0.25) is 0 Å². The first-order valence-electron chi connectivity index (χ1n) is 10.1. The molecule has 0 saturated carbocycles. The van der Waals surface area contributed by atoms with Gasteiger partial charge in [-0.3, -0.25) is 9.59 Å². The number of carbonyl (C=O) groups is 3. The summed E-state index contributed by atoms with van der Waals surface area (Å²) in [5.74, 6) is -0.722. The number of rotatable bonds is 9. The molecule has 1 aromatic rings. The van der Waals surface area contributed by atoms with Crippen LogP contribution in [0, 0.1) is 0 Å². The fourth-order valence-electron chi connectivity index (χ4n) is 3.08. The summed E-state index contributed by atoms with van der Waals surface area (Å²) in [6.07, 6.45) is 0. The Morgan fingerprint density at radius 2 is 1.90 bits per heavy atom. The molecule has 1 aliphatic heterocycles. The molecule has 2 rings (SSSR count). The smallest absolute Gasteiger partial charge is 0.325 e. The lowest BCUT2D eigenvalue weighted by Gasteiger charge is -2.24. The summed E-state index contributed by atoms with van der Waals surface area (Å²) >= 11 is 0. The lowest BCUT2D eigenvalue weighted by atomic mass is 10.1. The van der Waals surface area contributed by atoms with Gasteiger partial charge in [0.15, 0.2) is 0 Å². The number of hydrogen-bond donors (Lipinski definition) is 4. The molecule has 10 nitrogen and oxygen atoms in total. The zero-order valence-corrected chi connectivity index (χ0v) is 17.9. The van der Waals surface area contributed by atoms with Gasteiger partial charge in [0.05, 0.1) is 38.5 Å². The van der Waals surface area contributed by atoms with Gasteiger partial charge in [0.25, 0.3) is 5.91 Å². The molecule has 0 spiro atoms. The Bertz CT molecular complexity index is 734. The Hall–Kier alpha value is -2.85. The van der Waals surface area contributed by atoms with E-state index in [0.717, 1.165) is 38.5 Å². The van der Waals surface area contributed by atoms with Crippen LogP contribution in [-0.4, -0.2) is 84.5 Å². The summed E-state index contributed by atoms with van der Waals surface area (Å²) in [4.78, 5) is 39.4. The minimum absolute atomic E-state index is 0.207. The molecular weight excluding hydrogens is 390 g/mol. The molecule has 1 aliphatic rings. The topological polar surface area (TPSA) is 113 Å². The number of benzene rings is 1. The number of ether oxygens (including phenoxy) is 2. The molecule has 1 fully saturated rings. The lowest BCUT2D eigenvalue weighted by Crippen LogP contribution is -3.14. The number of anilines is 2. The zero-order valence-electron chi connectivity index (χ0n) is 17.9. The Morgan fingerprint density at radius 3 is 2.57 bits per heavy atom. The van der Waals surface area contributed by atoms with Gasteiger partial charge in [0.1, 0.15) is 19.6 Å². The van der Waals surface area contributed by atoms with Crippen LogP contribution in [0.4, 0.5) is 16.2 Å². The molecule has 4 N–H and O–H groups in total. The van der Waals surface area contributed by atoms with Gasteiger partial charge in [-0.2, -0.15) is 0 Å². The van der Waals surface area contributed by atoms with E-state index in [0.29, 0.717) is 17.8 Å². The third-order valence-corrected chi connectivity index (χ3v) is 4.64. The summed E-state index contributed by atoms with van der Waals surface area (Å²) in [5.41, 5.74) is 1.65. The molecule has 1 heterocycles. The molecule has 0 bridgehead atoms. The predicted molar refractivity (Wildman–Crippen MR) is 113 cm³/mol. The van der Waals surface area contributed by atoms with Crippen LogP contribution in [0.3, 0.4) is 0 Å². The first-order chi connectivity index (χ1) is 14.4. The van der Waals surface area contributed by atoms with Crippen molar-refractivity contribution >= 4 is 29.3 Å². The second-order valence-electron chi connectivity index (χ2n) is 7.11. The average molecular weight is 423 g/mol. The molecule has 0 aliphatic carbocycles. The molecule has 3 amide bonds. The van der Waals surface area contributed by atoms with Gasteiger partial charge < -0.3 is 35.2 Å². The van der Waals surface area contributed by atoms with Crippen molar-refractivity contribution in [3.05, 3.63) is 23.8 Å². The van der Waals surface area contributed by atoms with Crippen molar-refractivity contribution in [1.82, 2.24) is 10.6 Å². The highest BCUT2D eigenvalue weighted by molar-refractivity contribution is 6.02. The molecule has 0 radical (unpaired) electrons. The maximum Gasteiger partial charge on any atom is 0.325 e. The maximum atomic E-state index is 12.8. The summed E-state index contributed by atoms with van der Waals surface area (Å²) in [7, 11) is 3.70. The largest absolute Gasteiger partial charge is 0.465 e. The molecule has 0 unspecified atom stereocenters. The van der Waals surface area contributed by atoms with E-state index >= 15 is 0 Å². The average Bonchev–Trinajstić information content (AvgIpc) is 2.73. The minimum atomic E-state index is -0.553. The van der Waals surface area contributed by atoms with Gasteiger partial charge in [-0.25, -0.2) is 4.79 Å². The van der Waals surface area contributed by atoms with Gasteiger partial charge >= 0.3 is 12.0 Å². The number of urea groups is 1. The number of carbonyl (C=O) groups excluding carboxylic acids is 3. The second kappa shape index (κ2) is 12.0. The SMILES string of the molecule is CCOC(=O)CNC(=O)Nc1ccc(N(C)C)c(C(=O)NCC[NH+]2CCOCC2)c1. The summed E-state index contributed by atoms with van der Waals surface area (Å²) in [5, 5.41) is 8.02. The summed E-state index contributed by atoms with van der Waals surface area (Å²) < 4.78 is 10.1. The van der Waals surface area contributed by atoms with E-state index in [9.17, 15) is 14.4 Å². The zero-order chi connectivity index (χ0) is 21.9. The molecule has 1 saturated heterocycles. The fourth-order valence-corrected chi connectivity index (χ4v) is 3.08. The van der Waals surface area contributed by atoms with Gasteiger partial charge in [-0.05, 0) is 25.1 Å². The summed E-state index contributed by atoms with van der Waals surface area (Å²) in [6, 6.07) is 4.54. The van der Waals surface area contributed by atoms with Gasteiger partial charge in [-0.1, -0.05) is 0 Å². The van der Waals surface area contributed by atoms with Crippen molar-refractivity contribution in [2.45, 2.75) is 6.92 Å². The van der Waals surface area contributed by atoms with Gasteiger partial charge in [0, 0.05) is 25.5 Å². The van der Waals surface area contributed by atoms with Gasteiger partial charge in [-0.15, -0.1) is 0 Å². The van der Waals surface area contributed by atoms with Crippen molar-refractivity contribution in [2.75, 3.05) is 76.9 Å². The normalized spacial score (nSPS) is 14.0. The van der Waals surface area contributed by atoms with E-state index < -0.39 is 12.0 Å². The molecule has 10 heteroatoms. The highest BCUT2D eigenvalue weighted by atomic mass is 16.5. The van der Waals surface area contributed by atoms with Crippen LogP contribution in [0.2, 0.25) is 0 Å². The summed E-state index contributed by atoms with van der Waals surface area (Å²) in [6.45, 7) is 6.49. The number of hydrogen-bond acceptors (Lipinski definition) is 6. The predicted octanol–water partition coefficient (Wildman–Crippen LogP) is -0.918. The van der Waals surface area contributed by atoms with E-state index in [4.69, 9.17) is 9.47 Å². The van der Waals surface area contributed by atoms with Crippen LogP contribution < -0.4 is 25.8 Å². The number of nitrogens with zero attached hydrogens (tertiary/aromatic N) is 1. The number of morpholine rings is 1. The second-order valence-corrected chi connectivity index (χ2v) is 7.11. The third kappa shape index (κ3) is 7.53. The Labute approximate surface area is 176 Å². The Morgan fingerprint density at radius 1 is 1.17 bits per heavy atom. The van der Waals surface area contributed by atoms with Crippen molar-refractivity contribution in [3.63, 3.8) is 0 Å². The van der Waals surface area contributed by atoms with Crippen molar-refractivity contribution in [2.24, 2.45) is 0 Å². The Kier molecular flexibility index (Phi) is 9.36. The highest BCUT2D eigenvalue weighted by Crippen LogP contribution is 2.23. The molecule has 166 valence electrons. The van der Waals surface area contributed by atoms with Crippen LogP contribution >= 0.6 is 0 Å². The van der Waals surface area contributed by atoms with E-state index in [1.165, 1.54) is 4.90 Å². The highest BCUT2D eigenvalue weighted by Gasteiger charge is 2.17. The fraction of sp³-hybridized carbons (Fsp3) is 0.550. The number of nitrogens with one attached hydrogen (secondary N) is 4. The lowest BCUT2D eigenvalue weighted by molar-refractivity contribution is -0.906. The third-order valence-electron chi connectivity index (χ3n) is 4.64.